The minimum atomic E-state index is 0. The fourth-order valence-electron chi connectivity index (χ4n) is 2.86. The summed E-state index contributed by atoms with van der Waals surface area (Å²) in [6.07, 6.45) is 0. The summed E-state index contributed by atoms with van der Waals surface area (Å²) >= 11 is 0. The molecule has 1 saturated heterocycles. The van der Waals surface area contributed by atoms with Gasteiger partial charge in [0, 0.05) is 18.6 Å². The number of benzene rings is 2. The Morgan fingerprint density at radius 2 is 1.33 bits per heavy atom. The van der Waals surface area contributed by atoms with Crippen LogP contribution < -0.4 is 5.73 Å². The molecule has 0 aromatic heterocycles. The van der Waals surface area contributed by atoms with Gasteiger partial charge >= 0.3 is 0 Å². The lowest BCUT2D eigenvalue weighted by Crippen LogP contribution is -2.63. The summed E-state index contributed by atoms with van der Waals surface area (Å²) < 4.78 is 0. The van der Waals surface area contributed by atoms with Crippen molar-refractivity contribution in [1.82, 2.24) is 4.90 Å². The summed E-state index contributed by atoms with van der Waals surface area (Å²) in [7, 11) is 0. The van der Waals surface area contributed by atoms with Crippen molar-refractivity contribution in [2.24, 2.45) is 5.73 Å². The fraction of sp³-hybridized carbons (Fsp3) is 0.294. The molecule has 0 aliphatic carbocycles. The van der Waals surface area contributed by atoms with E-state index in [4.69, 9.17) is 5.73 Å². The molecule has 0 saturated carbocycles. The Morgan fingerprint density at radius 1 is 0.905 bits per heavy atom. The molecule has 1 aliphatic heterocycles. The minimum absolute atomic E-state index is 0. The van der Waals surface area contributed by atoms with Gasteiger partial charge in [-0.25, -0.2) is 0 Å². The van der Waals surface area contributed by atoms with Crippen molar-refractivity contribution in [3.63, 3.8) is 0 Å². The van der Waals surface area contributed by atoms with E-state index < -0.39 is 0 Å². The van der Waals surface area contributed by atoms with Crippen LogP contribution in [0, 0.1) is 0 Å². The highest BCUT2D eigenvalue weighted by molar-refractivity contribution is 5.85. The summed E-state index contributed by atoms with van der Waals surface area (Å²) in [6, 6.07) is 22.4. The Kier molecular flexibility index (Phi) is 6.69. The monoisotopic (exact) mass is 324 g/mol. The molecule has 2 N–H and O–H groups in total. The van der Waals surface area contributed by atoms with E-state index in [1.54, 1.807) is 0 Å². The maximum Gasteiger partial charge on any atom is 0.0605 e. The van der Waals surface area contributed by atoms with Gasteiger partial charge in [-0.1, -0.05) is 60.7 Å². The van der Waals surface area contributed by atoms with Crippen molar-refractivity contribution in [2.75, 3.05) is 6.54 Å². The topological polar surface area (TPSA) is 29.3 Å². The van der Waals surface area contributed by atoms with Crippen LogP contribution in [0.5, 0.6) is 0 Å². The number of rotatable bonds is 3. The molecule has 114 valence electrons. The van der Waals surface area contributed by atoms with E-state index in [9.17, 15) is 0 Å². The van der Waals surface area contributed by atoms with Crippen molar-refractivity contribution in [3.8, 4) is 0 Å². The molecule has 0 unspecified atom stereocenters. The lowest BCUT2D eigenvalue weighted by Gasteiger charge is -2.49. The van der Waals surface area contributed by atoms with Gasteiger partial charge in [0.05, 0.1) is 6.04 Å². The second-order valence-corrected chi connectivity index (χ2v) is 5.33. The van der Waals surface area contributed by atoms with Crippen molar-refractivity contribution >= 4 is 24.8 Å². The average molecular weight is 325 g/mol. The third kappa shape index (κ3) is 3.58. The van der Waals surface area contributed by atoms with E-state index in [1.807, 2.05) is 0 Å². The van der Waals surface area contributed by atoms with Gasteiger partial charge in [-0.3, -0.25) is 4.90 Å². The Labute approximate surface area is 139 Å². The van der Waals surface area contributed by atoms with E-state index >= 15 is 0 Å². The van der Waals surface area contributed by atoms with Gasteiger partial charge in [0.15, 0.2) is 0 Å². The molecule has 0 radical (unpaired) electrons. The first kappa shape index (κ1) is 18.0. The molecule has 2 aromatic rings. The first-order valence-corrected chi connectivity index (χ1v) is 6.88. The standard InChI is InChI=1S/C17H20N2.2ClH/c1-13-16(18)12-19(13)17(14-8-4-2-5-9-14)15-10-6-3-7-11-15;;/h2-11,13,16-17H,12,18H2,1H3;2*1H/t13-,16+;;/m1../s1. The molecular formula is C17H22Cl2N2. The molecular weight excluding hydrogens is 303 g/mol. The van der Waals surface area contributed by atoms with Crippen molar-refractivity contribution in [2.45, 2.75) is 25.0 Å². The highest BCUT2D eigenvalue weighted by Gasteiger charge is 2.38. The molecule has 1 aliphatic rings. The molecule has 0 spiro atoms. The zero-order chi connectivity index (χ0) is 13.2. The van der Waals surface area contributed by atoms with Gasteiger partial charge in [-0.2, -0.15) is 0 Å². The normalized spacial score (nSPS) is 21.1. The fourth-order valence-corrected chi connectivity index (χ4v) is 2.86. The van der Waals surface area contributed by atoms with Crippen LogP contribution in [0.25, 0.3) is 0 Å². The van der Waals surface area contributed by atoms with Crippen LogP contribution >= 0.6 is 24.8 Å². The van der Waals surface area contributed by atoms with Gasteiger partial charge in [0.25, 0.3) is 0 Å². The van der Waals surface area contributed by atoms with Gasteiger partial charge in [0.2, 0.25) is 0 Å². The molecule has 2 aromatic carbocycles. The number of hydrogen-bond donors (Lipinski definition) is 1. The largest absolute Gasteiger partial charge is 0.325 e. The molecule has 21 heavy (non-hydrogen) atoms. The van der Waals surface area contributed by atoms with E-state index in [-0.39, 0.29) is 24.8 Å². The predicted octanol–water partition coefficient (Wildman–Crippen LogP) is 3.65. The minimum Gasteiger partial charge on any atom is -0.325 e. The number of hydrogen-bond acceptors (Lipinski definition) is 2. The van der Waals surface area contributed by atoms with Crippen LogP contribution in [-0.4, -0.2) is 23.5 Å². The SMILES string of the molecule is C[C@@H]1[C@@H](N)CN1C(c1ccccc1)c1ccccc1.Cl.Cl. The van der Waals surface area contributed by atoms with Crippen molar-refractivity contribution in [3.05, 3.63) is 71.8 Å². The molecule has 2 atom stereocenters. The van der Waals surface area contributed by atoms with Crippen LogP contribution in [0.1, 0.15) is 24.1 Å². The Balaban J connectivity index is 0.00000110. The number of likely N-dealkylation sites (tertiary alicyclic amines) is 1. The van der Waals surface area contributed by atoms with Crippen molar-refractivity contribution in [1.29, 1.82) is 0 Å². The summed E-state index contributed by atoms with van der Waals surface area (Å²) in [6.45, 7) is 3.18. The average Bonchev–Trinajstić information content (AvgIpc) is 2.49. The molecule has 1 heterocycles. The zero-order valence-electron chi connectivity index (χ0n) is 12.1. The Morgan fingerprint density at radius 3 is 1.67 bits per heavy atom. The van der Waals surface area contributed by atoms with Gasteiger partial charge in [-0.05, 0) is 18.1 Å². The number of nitrogens with zero attached hydrogens (tertiary/aromatic N) is 1. The quantitative estimate of drug-likeness (QED) is 0.933. The second kappa shape index (κ2) is 7.81. The summed E-state index contributed by atoms with van der Waals surface area (Å²) in [5.41, 5.74) is 8.75. The molecule has 4 heteroatoms. The van der Waals surface area contributed by atoms with Crippen molar-refractivity contribution < 1.29 is 0 Å². The summed E-state index contributed by atoms with van der Waals surface area (Å²) in [5, 5.41) is 0. The molecule has 3 rings (SSSR count). The number of nitrogens with two attached hydrogens (primary N) is 1. The van der Waals surface area contributed by atoms with E-state index in [0.717, 1.165) is 6.54 Å². The highest BCUT2D eigenvalue weighted by Crippen LogP contribution is 2.34. The van der Waals surface area contributed by atoms with Crippen LogP contribution in [0.3, 0.4) is 0 Å². The third-order valence-corrected chi connectivity index (χ3v) is 4.13. The number of halogens is 2. The van der Waals surface area contributed by atoms with E-state index in [2.05, 4.69) is 72.5 Å². The molecule has 2 nitrogen and oxygen atoms in total. The molecule has 0 amide bonds. The summed E-state index contributed by atoms with van der Waals surface area (Å²) in [5.74, 6) is 0. The van der Waals surface area contributed by atoms with Crippen LogP contribution in [0.4, 0.5) is 0 Å². The summed E-state index contributed by atoms with van der Waals surface area (Å²) in [4.78, 5) is 2.48. The Bertz CT molecular complexity index is 494. The highest BCUT2D eigenvalue weighted by atomic mass is 35.5. The van der Waals surface area contributed by atoms with Crippen LogP contribution in [0.2, 0.25) is 0 Å². The van der Waals surface area contributed by atoms with E-state index in [0.29, 0.717) is 18.1 Å². The first-order chi connectivity index (χ1) is 9.27. The molecule has 0 bridgehead atoms. The van der Waals surface area contributed by atoms with Gasteiger partial charge in [-0.15, -0.1) is 24.8 Å². The van der Waals surface area contributed by atoms with E-state index in [1.165, 1.54) is 11.1 Å². The Hall–Kier alpha value is -1.06. The van der Waals surface area contributed by atoms with Gasteiger partial charge < -0.3 is 5.73 Å². The first-order valence-electron chi connectivity index (χ1n) is 6.88. The smallest absolute Gasteiger partial charge is 0.0605 e. The zero-order valence-corrected chi connectivity index (χ0v) is 13.7. The predicted molar refractivity (Wildman–Crippen MR) is 93.4 cm³/mol. The lowest BCUT2D eigenvalue weighted by molar-refractivity contribution is 0.0447. The van der Waals surface area contributed by atoms with Gasteiger partial charge in [0.1, 0.15) is 0 Å². The molecule has 1 fully saturated rings. The maximum absolute atomic E-state index is 6.06. The second-order valence-electron chi connectivity index (χ2n) is 5.33. The van der Waals surface area contributed by atoms with Crippen LogP contribution in [0.15, 0.2) is 60.7 Å². The maximum atomic E-state index is 6.06. The third-order valence-electron chi connectivity index (χ3n) is 4.13. The van der Waals surface area contributed by atoms with Crippen LogP contribution in [-0.2, 0) is 0 Å². The lowest BCUT2D eigenvalue weighted by atomic mass is 9.89.